The monoisotopic (exact) mass is 233 g/mol. The number of aromatic carboxylic acids is 1. The number of hydrogen-bond donors (Lipinski definition) is 1. The number of carbonyl (C=O) groups is 1. The molecule has 8 nitrogen and oxygen atoms in total. The smallest absolute Gasteiger partial charge is 0.872 e. The largest absolute Gasteiger partial charge is 1.00 e. The van der Waals surface area contributed by atoms with Crippen molar-refractivity contribution in [2.24, 2.45) is 10.3 Å². The first-order valence-corrected chi connectivity index (χ1v) is 3.61. The molecule has 0 amide bonds. The fourth-order valence-corrected chi connectivity index (χ4v) is 0.838. The van der Waals surface area contributed by atoms with Crippen LogP contribution in [0.5, 0.6) is 5.75 Å². The Labute approximate surface area is 111 Å². The molecule has 0 bridgehead atoms. The van der Waals surface area contributed by atoms with Gasteiger partial charge in [0.2, 0.25) is 5.69 Å². The van der Waals surface area contributed by atoms with Crippen LogP contribution in [0, 0.1) is 10.1 Å². The van der Waals surface area contributed by atoms with E-state index in [1.165, 1.54) is 0 Å². The molecule has 0 aliphatic carbocycles. The molecule has 0 aromatic heterocycles. The van der Waals surface area contributed by atoms with Crippen molar-refractivity contribution in [2.45, 2.75) is 0 Å². The van der Waals surface area contributed by atoms with Gasteiger partial charge >= 0.3 is 35.5 Å². The number of carboxylic acid groups (broad SMARTS) is 1. The Hall–Kier alpha value is -1.51. The van der Waals surface area contributed by atoms with E-state index in [1.54, 1.807) is 0 Å². The first-order valence-electron chi connectivity index (χ1n) is 3.61. The van der Waals surface area contributed by atoms with E-state index in [0.29, 0.717) is 0 Å². The molecule has 78 valence electrons. The molecule has 0 unspecified atom stereocenters. The van der Waals surface area contributed by atoms with Crippen LogP contribution in [0.15, 0.2) is 28.5 Å². The Morgan fingerprint density at radius 3 is 2.50 bits per heavy atom. The number of hydrogen-bond acceptors (Lipinski definition) is 5. The van der Waals surface area contributed by atoms with Crippen LogP contribution in [0.1, 0.15) is 10.4 Å². The summed E-state index contributed by atoms with van der Waals surface area (Å²) >= 11 is 0. The number of nitrogens with zero attached hydrogens (tertiary/aromatic N) is 3. The standard InChI is InChI=1S/C7H5N3O5.Na/c11-6-3-4(8-9-10(14)15)1-2-5(6)7(12)13;/h1-3,11H,(H,12,13);/q;+1/p-1. The summed E-state index contributed by atoms with van der Waals surface area (Å²) in [4.78, 5) is 20.2. The van der Waals surface area contributed by atoms with Gasteiger partial charge in [0.05, 0.1) is 15.7 Å². The van der Waals surface area contributed by atoms with Crippen LogP contribution in [0.25, 0.3) is 0 Å². The molecule has 1 aromatic rings. The van der Waals surface area contributed by atoms with Gasteiger partial charge in [-0.15, -0.1) is 0 Å². The van der Waals surface area contributed by atoms with Crippen LogP contribution in [-0.2, 0) is 0 Å². The van der Waals surface area contributed by atoms with Gasteiger partial charge in [-0.2, -0.15) is 0 Å². The SMILES string of the molecule is O=C(O)c1ccc(N=N[N+](=O)[O-])cc1[O-].[Na+]. The van der Waals surface area contributed by atoms with Crippen LogP contribution < -0.4 is 34.7 Å². The maximum Gasteiger partial charge on any atom is 1.00 e. The zero-order valence-corrected chi connectivity index (χ0v) is 10.2. The van der Waals surface area contributed by atoms with E-state index in [9.17, 15) is 20.0 Å². The molecule has 9 heteroatoms. The normalized spacial score (nSPS) is 9.75. The third kappa shape index (κ3) is 3.93. The van der Waals surface area contributed by atoms with Gasteiger partial charge in [-0.05, 0) is 18.2 Å². The second-order valence-corrected chi connectivity index (χ2v) is 2.41. The average Bonchev–Trinajstić information content (AvgIpc) is 2.14. The summed E-state index contributed by atoms with van der Waals surface area (Å²) in [6.45, 7) is 0. The minimum Gasteiger partial charge on any atom is -0.872 e. The third-order valence-corrected chi connectivity index (χ3v) is 1.43. The minimum absolute atomic E-state index is 0. The zero-order chi connectivity index (χ0) is 11.4. The molecule has 0 aliphatic heterocycles. The Balaban J connectivity index is 0.00000225. The van der Waals surface area contributed by atoms with Crippen molar-refractivity contribution >= 4 is 11.7 Å². The Kier molecular flexibility index (Phi) is 5.57. The Morgan fingerprint density at radius 1 is 1.44 bits per heavy atom. The van der Waals surface area contributed by atoms with Gasteiger partial charge in [-0.3, -0.25) is 0 Å². The zero-order valence-electron chi connectivity index (χ0n) is 8.15. The maximum atomic E-state index is 11.1. The second kappa shape index (κ2) is 6.16. The summed E-state index contributed by atoms with van der Waals surface area (Å²) < 4.78 is 0. The topological polar surface area (TPSA) is 128 Å². The Bertz CT molecular complexity index is 448. The maximum absolute atomic E-state index is 11.1. The molecule has 0 atom stereocenters. The van der Waals surface area contributed by atoms with Gasteiger partial charge in [0.15, 0.2) is 5.22 Å². The van der Waals surface area contributed by atoms with E-state index in [4.69, 9.17) is 5.11 Å². The van der Waals surface area contributed by atoms with Crippen LogP contribution in [-0.4, -0.2) is 16.1 Å². The quantitative estimate of drug-likeness (QED) is 0.272. The van der Waals surface area contributed by atoms with E-state index >= 15 is 0 Å². The summed E-state index contributed by atoms with van der Waals surface area (Å²) in [5.41, 5.74) is -0.489. The van der Waals surface area contributed by atoms with E-state index in [0.717, 1.165) is 18.2 Å². The van der Waals surface area contributed by atoms with Gasteiger partial charge in [0.1, 0.15) is 0 Å². The van der Waals surface area contributed by atoms with Gasteiger partial charge in [0.25, 0.3) is 0 Å². The summed E-state index contributed by atoms with van der Waals surface area (Å²) in [5.74, 6) is -2.14. The molecular formula is C7H4N3NaO5. The molecule has 0 radical (unpaired) electrons. The summed E-state index contributed by atoms with van der Waals surface area (Å²) in [7, 11) is 0. The third-order valence-electron chi connectivity index (χ3n) is 1.43. The summed E-state index contributed by atoms with van der Waals surface area (Å²) in [6, 6.07) is 3.02. The van der Waals surface area contributed by atoms with Crippen molar-refractivity contribution in [1.29, 1.82) is 0 Å². The number of benzene rings is 1. The van der Waals surface area contributed by atoms with Crippen molar-refractivity contribution < 1.29 is 49.6 Å². The predicted octanol–water partition coefficient (Wildman–Crippen LogP) is -2.26. The molecule has 0 aliphatic rings. The van der Waals surface area contributed by atoms with E-state index in [2.05, 4.69) is 10.3 Å². The van der Waals surface area contributed by atoms with Crippen molar-refractivity contribution in [3.63, 3.8) is 0 Å². The van der Waals surface area contributed by atoms with Gasteiger partial charge < -0.3 is 20.3 Å². The first kappa shape index (κ1) is 14.5. The molecule has 0 saturated carbocycles. The van der Waals surface area contributed by atoms with Gasteiger partial charge in [-0.25, -0.2) is 4.79 Å². The molecular weight excluding hydrogens is 229 g/mol. The van der Waals surface area contributed by atoms with Crippen molar-refractivity contribution in [3.8, 4) is 5.75 Å². The molecule has 0 heterocycles. The van der Waals surface area contributed by atoms with Crippen LogP contribution in [0.3, 0.4) is 0 Å². The van der Waals surface area contributed by atoms with Gasteiger partial charge in [0, 0.05) is 0 Å². The fraction of sp³-hybridized carbons (Fsp3) is 0. The number of carboxylic acids is 1. The minimum atomic E-state index is -1.36. The number of nitro groups is 1. The summed E-state index contributed by atoms with van der Waals surface area (Å²) in [5, 5.41) is 34.0. The predicted molar refractivity (Wildman–Crippen MR) is 44.4 cm³/mol. The summed E-state index contributed by atoms with van der Waals surface area (Å²) in [6.07, 6.45) is 0. The van der Waals surface area contributed by atoms with Crippen LogP contribution >= 0.6 is 0 Å². The second-order valence-electron chi connectivity index (χ2n) is 2.41. The van der Waals surface area contributed by atoms with E-state index in [-0.39, 0.29) is 35.2 Å². The average molecular weight is 233 g/mol. The fourth-order valence-electron chi connectivity index (χ4n) is 0.838. The molecule has 0 saturated heterocycles. The van der Waals surface area contributed by atoms with Crippen LogP contribution in [0.4, 0.5) is 5.69 Å². The van der Waals surface area contributed by atoms with Gasteiger partial charge in [-0.1, -0.05) is 5.75 Å². The van der Waals surface area contributed by atoms with E-state index in [1.807, 2.05) is 0 Å². The van der Waals surface area contributed by atoms with Crippen LogP contribution in [0.2, 0.25) is 0 Å². The molecule has 1 aromatic carbocycles. The molecule has 1 N–H and O–H groups in total. The van der Waals surface area contributed by atoms with Crippen molar-refractivity contribution in [3.05, 3.63) is 33.9 Å². The Morgan fingerprint density at radius 2 is 2.06 bits per heavy atom. The van der Waals surface area contributed by atoms with Crippen molar-refractivity contribution in [2.75, 3.05) is 0 Å². The first-order chi connectivity index (χ1) is 7.00. The number of rotatable bonds is 3. The molecule has 1 rings (SSSR count). The molecule has 0 fully saturated rings. The molecule has 16 heavy (non-hydrogen) atoms. The molecule has 0 spiro atoms. The van der Waals surface area contributed by atoms with E-state index < -0.39 is 22.3 Å². The van der Waals surface area contributed by atoms with Crippen molar-refractivity contribution in [1.82, 2.24) is 0 Å².